The molecule has 4 rings (SSSR count). The minimum Gasteiger partial charge on any atom is -0.460 e. The zero-order chi connectivity index (χ0) is 30.5. The van der Waals surface area contributed by atoms with E-state index in [0.717, 1.165) is 60.5 Å². The van der Waals surface area contributed by atoms with Crippen LogP contribution in [0.2, 0.25) is 0 Å². The molecule has 224 valence electrons. The minimum absolute atomic E-state index is 0.00351. The normalized spacial score (nSPS) is 16.2. The standard InChI is InChI=1S/C23H29N5O2.C8H16O3/c1-15-9-19(14-26(3)23(15)30)22-25-20-7-6-17(11-24)10-21(20)28(22)13-18-5-4-8-27(12-18)16(2)29;1-6(9)5-7(10)11-8(2,3)4/h6-7,9-10,14,18H,4-5,8,11-13,24H2,1-3H3;6,9H,5H2,1-4H3/t;6-/m.1/s1. The molecule has 1 fully saturated rings. The van der Waals surface area contributed by atoms with E-state index in [1.807, 2.05) is 36.2 Å². The third-order valence-corrected chi connectivity index (χ3v) is 6.96. The summed E-state index contributed by atoms with van der Waals surface area (Å²) in [4.78, 5) is 41.8. The molecular weight excluding hydrogens is 522 g/mol. The molecule has 3 heterocycles. The Morgan fingerprint density at radius 1 is 1.24 bits per heavy atom. The van der Waals surface area contributed by atoms with Crippen LogP contribution in [0.3, 0.4) is 0 Å². The maximum Gasteiger partial charge on any atom is 0.308 e. The van der Waals surface area contributed by atoms with Crippen molar-refractivity contribution in [3.8, 4) is 11.4 Å². The summed E-state index contributed by atoms with van der Waals surface area (Å²) in [6, 6.07) is 8.03. The number of imidazole rings is 1. The number of esters is 1. The molecular formula is C31H45N5O5. The number of aryl methyl sites for hydroxylation is 2. The number of benzene rings is 1. The Morgan fingerprint density at radius 3 is 2.54 bits per heavy atom. The van der Waals surface area contributed by atoms with Crippen molar-refractivity contribution in [1.82, 2.24) is 19.0 Å². The van der Waals surface area contributed by atoms with Gasteiger partial charge in [-0.15, -0.1) is 0 Å². The molecule has 3 aromatic rings. The van der Waals surface area contributed by atoms with E-state index in [1.165, 1.54) is 0 Å². The van der Waals surface area contributed by atoms with Gasteiger partial charge in [-0.3, -0.25) is 14.4 Å². The van der Waals surface area contributed by atoms with E-state index in [-0.39, 0.29) is 23.9 Å². The number of hydrogen-bond acceptors (Lipinski definition) is 7. The van der Waals surface area contributed by atoms with Crippen molar-refractivity contribution >= 4 is 22.9 Å². The third kappa shape index (κ3) is 8.74. The maximum atomic E-state index is 12.2. The number of carbonyl (C=O) groups excluding carboxylic acids is 2. The number of nitrogens with two attached hydrogens (primary N) is 1. The second kappa shape index (κ2) is 13.4. The minimum atomic E-state index is -0.621. The monoisotopic (exact) mass is 567 g/mol. The van der Waals surface area contributed by atoms with Gasteiger partial charge in [0.1, 0.15) is 11.4 Å². The van der Waals surface area contributed by atoms with Crippen molar-refractivity contribution in [2.45, 2.75) is 85.6 Å². The van der Waals surface area contributed by atoms with Crippen molar-refractivity contribution in [2.24, 2.45) is 18.7 Å². The Kier molecular flexibility index (Phi) is 10.5. The van der Waals surface area contributed by atoms with Gasteiger partial charge in [0.2, 0.25) is 5.91 Å². The molecule has 2 aromatic heterocycles. The number of rotatable bonds is 6. The molecule has 0 saturated carbocycles. The Balaban J connectivity index is 0.000000358. The number of fused-ring (bicyclic) bond motifs is 1. The Hall–Kier alpha value is -3.50. The van der Waals surface area contributed by atoms with Crippen molar-refractivity contribution in [3.63, 3.8) is 0 Å². The number of piperidine rings is 1. The molecule has 2 atom stereocenters. The number of ether oxygens (including phenoxy) is 1. The molecule has 10 nitrogen and oxygen atoms in total. The van der Waals surface area contributed by atoms with E-state index in [4.69, 9.17) is 20.6 Å². The Morgan fingerprint density at radius 2 is 1.95 bits per heavy atom. The summed E-state index contributed by atoms with van der Waals surface area (Å²) in [5.74, 6) is 0.980. The summed E-state index contributed by atoms with van der Waals surface area (Å²) in [5, 5.41) is 8.82. The van der Waals surface area contributed by atoms with Crippen LogP contribution in [-0.4, -0.2) is 60.8 Å². The summed E-state index contributed by atoms with van der Waals surface area (Å²) >= 11 is 0. The van der Waals surface area contributed by atoms with E-state index in [2.05, 4.69) is 10.6 Å². The molecule has 10 heteroatoms. The van der Waals surface area contributed by atoms with E-state index >= 15 is 0 Å². The Bertz CT molecular complexity index is 1410. The highest BCUT2D eigenvalue weighted by Gasteiger charge is 2.24. The van der Waals surface area contributed by atoms with Crippen molar-refractivity contribution < 1.29 is 19.4 Å². The van der Waals surface area contributed by atoms with Gasteiger partial charge in [0.15, 0.2) is 0 Å². The molecule has 41 heavy (non-hydrogen) atoms. The first-order valence-corrected chi connectivity index (χ1v) is 14.2. The number of carbonyl (C=O) groups is 2. The second-order valence-electron chi connectivity index (χ2n) is 12.0. The first-order valence-electron chi connectivity index (χ1n) is 14.2. The van der Waals surface area contributed by atoms with Gasteiger partial charge in [-0.25, -0.2) is 4.98 Å². The molecule has 1 aliphatic rings. The average molecular weight is 568 g/mol. The van der Waals surface area contributed by atoms with E-state index in [1.54, 1.807) is 46.2 Å². The predicted octanol–water partition coefficient (Wildman–Crippen LogP) is 3.53. The summed E-state index contributed by atoms with van der Waals surface area (Å²) in [7, 11) is 1.77. The van der Waals surface area contributed by atoms with Gasteiger partial charge in [-0.2, -0.15) is 0 Å². The van der Waals surface area contributed by atoms with Gasteiger partial charge in [0.05, 0.1) is 23.6 Å². The number of nitrogens with zero attached hydrogens (tertiary/aromatic N) is 4. The van der Waals surface area contributed by atoms with E-state index in [9.17, 15) is 14.4 Å². The summed E-state index contributed by atoms with van der Waals surface area (Å²) in [6.45, 7) is 13.3. The fraction of sp³-hybridized carbons (Fsp3) is 0.548. The summed E-state index contributed by atoms with van der Waals surface area (Å²) < 4.78 is 8.80. The van der Waals surface area contributed by atoms with Crippen LogP contribution in [0.25, 0.3) is 22.4 Å². The number of likely N-dealkylation sites (tertiary alicyclic amines) is 1. The molecule has 1 saturated heterocycles. The first kappa shape index (κ1) is 32.0. The molecule has 1 aromatic carbocycles. The number of aliphatic hydroxyl groups excluding tert-OH is 1. The number of amides is 1. The molecule has 0 radical (unpaired) electrons. The lowest BCUT2D eigenvalue weighted by Crippen LogP contribution is -2.39. The van der Waals surface area contributed by atoms with Crippen LogP contribution in [0.5, 0.6) is 0 Å². The third-order valence-electron chi connectivity index (χ3n) is 6.96. The predicted molar refractivity (Wildman–Crippen MR) is 160 cm³/mol. The number of aromatic nitrogens is 3. The quantitative estimate of drug-likeness (QED) is 0.436. The number of hydrogen-bond donors (Lipinski definition) is 2. The van der Waals surface area contributed by atoms with Crippen LogP contribution in [0.4, 0.5) is 0 Å². The SMILES string of the molecule is CC(=O)N1CCCC(Cn2c(-c3cc(C)c(=O)n(C)c3)nc3ccc(CN)cc32)C1.C[C@@H](O)CC(=O)OC(C)(C)C. The fourth-order valence-corrected chi connectivity index (χ4v) is 5.08. The number of aliphatic hydroxyl groups is 1. The van der Waals surface area contributed by atoms with Crippen LogP contribution in [0.15, 0.2) is 35.3 Å². The van der Waals surface area contributed by atoms with Crippen molar-refractivity contribution in [1.29, 1.82) is 0 Å². The lowest BCUT2D eigenvalue weighted by molar-refractivity contribution is -0.156. The largest absolute Gasteiger partial charge is 0.460 e. The van der Waals surface area contributed by atoms with Crippen LogP contribution >= 0.6 is 0 Å². The fourth-order valence-electron chi connectivity index (χ4n) is 5.08. The topological polar surface area (TPSA) is 133 Å². The van der Waals surface area contributed by atoms with E-state index < -0.39 is 11.7 Å². The van der Waals surface area contributed by atoms with Gasteiger partial charge in [0.25, 0.3) is 5.56 Å². The first-order chi connectivity index (χ1) is 19.2. The van der Waals surface area contributed by atoms with Crippen LogP contribution in [0, 0.1) is 12.8 Å². The van der Waals surface area contributed by atoms with Crippen LogP contribution in [0.1, 0.15) is 65.0 Å². The van der Waals surface area contributed by atoms with Gasteiger partial charge in [-0.1, -0.05) is 6.07 Å². The highest BCUT2D eigenvalue weighted by atomic mass is 16.6. The van der Waals surface area contributed by atoms with E-state index in [0.29, 0.717) is 18.0 Å². The lowest BCUT2D eigenvalue weighted by Gasteiger charge is -2.32. The zero-order valence-electron chi connectivity index (χ0n) is 25.4. The van der Waals surface area contributed by atoms with Crippen LogP contribution in [-0.2, 0) is 34.5 Å². The highest BCUT2D eigenvalue weighted by Crippen LogP contribution is 2.29. The summed E-state index contributed by atoms with van der Waals surface area (Å²) in [5.41, 5.74) is 10.0. The average Bonchev–Trinajstić information content (AvgIpc) is 3.23. The van der Waals surface area contributed by atoms with Crippen molar-refractivity contribution in [2.75, 3.05) is 13.1 Å². The molecule has 1 amide bonds. The van der Waals surface area contributed by atoms with Gasteiger partial charge in [-0.05, 0) is 77.1 Å². The van der Waals surface area contributed by atoms with Crippen LogP contribution < -0.4 is 11.3 Å². The molecule has 1 unspecified atom stereocenters. The van der Waals surface area contributed by atoms with Gasteiger partial charge in [0, 0.05) is 57.5 Å². The zero-order valence-corrected chi connectivity index (χ0v) is 25.4. The molecule has 1 aliphatic heterocycles. The highest BCUT2D eigenvalue weighted by molar-refractivity contribution is 5.81. The van der Waals surface area contributed by atoms with Crippen molar-refractivity contribution in [3.05, 3.63) is 51.9 Å². The maximum absolute atomic E-state index is 12.2. The van der Waals surface area contributed by atoms with Gasteiger partial charge >= 0.3 is 5.97 Å². The smallest absolute Gasteiger partial charge is 0.308 e. The lowest BCUT2D eigenvalue weighted by atomic mass is 9.97. The Labute approximate surface area is 242 Å². The molecule has 0 bridgehead atoms. The molecule has 0 spiro atoms. The van der Waals surface area contributed by atoms with Gasteiger partial charge < -0.3 is 29.6 Å². The summed E-state index contributed by atoms with van der Waals surface area (Å²) in [6.07, 6.45) is 3.38. The number of pyridine rings is 1. The second-order valence-corrected chi connectivity index (χ2v) is 12.0. The molecule has 0 aliphatic carbocycles. The molecule has 3 N–H and O–H groups in total.